The smallest absolute Gasteiger partial charge is 0.141 e. The number of carbonyl (C=O) groups excluding carboxylic acids is 1. The van der Waals surface area contributed by atoms with E-state index in [1.807, 2.05) is 13.8 Å². The van der Waals surface area contributed by atoms with Crippen LogP contribution in [0.1, 0.15) is 20.3 Å². The molecule has 0 saturated heterocycles. The number of Topliss-reactive ketones (excluding diaryl/α,β-unsaturated/α-hetero) is 1. The van der Waals surface area contributed by atoms with E-state index in [-0.39, 0.29) is 5.92 Å². The van der Waals surface area contributed by atoms with Gasteiger partial charge in [0.25, 0.3) is 0 Å². The van der Waals surface area contributed by atoms with Gasteiger partial charge in [-0.1, -0.05) is 13.8 Å². The normalized spacial score (nSPS) is 12.2. The van der Waals surface area contributed by atoms with Crippen molar-refractivity contribution in [2.24, 2.45) is 5.92 Å². The van der Waals surface area contributed by atoms with Crippen LogP contribution in [0.5, 0.6) is 0 Å². The van der Waals surface area contributed by atoms with Gasteiger partial charge in [0.05, 0.1) is 34.1 Å². The van der Waals surface area contributed by atoms with E-state index in [9.17, 15) is 4.79 Å². The summed E-state index contributed by atoms with van der Waals surface area (Å²) in [6.07, 6.45) is 0.709. The van der Waals surface area contributed by atoms with Crippen molar-refractivity contribution >= 4 is 5.78 Å². The predicted octanol–water partition coefficient (Wildman–Crippen LogP) is 1.31. The summed E-state index contributed by atoms with van der Waals surface area (Å²) in [5.74, 6) is 0.569. The molecule has 0 spiro atoms. The largest absolute Gasteiger partial charge is 0.331 e. The molecule has 0 amide bonds. The van der Waals surface area contributed by atoms with Crippen molar-refractivity contribution < 1.29 is 9.28 Å². The van der Waals surface area contributed by atoms with E-state index < -0.39 is 0 Å². The molecule has 0 aliphatic rings. The number of carbonyl (C=O) groups is 1. The first-order valence-corrected chi connectivity index (χ1v) is 4.16. The quantitative estimate of drug-likeness (QED) is 0.564. The van der Waals surface area contributed by atoms with Crippen molar-refractivity contribution in [2.75, 3.05) is 27.7 Å². The first kappa shape index (κ1) is 10.6. The van der Waals surface area contributed by atoms with E-state index in [1.165, 1.54) is 0 Å². The van der Waals surface area contributed by atoms with Gasteiger partial charge in [-0.3, -0.25) is 4.79 Å². The molecule has 0 aliphatic heterocycles. The summed E-state index contributed by atoms with van der Waals surface area (Å²) in [4.78, 5) is 11.2. The Bertz CT molecular complexity index is 133. The predicted molar refractivity (Wildman–Crippen MR) is 47.4 cm³/mol. The average Bonchev–Trinajstić information content (AvgIpc) is 1.80. The van der Waals surface area contributed by atoms with Crippen LogP contribution >= 0.6 is 0 Å². The second-order valence-corrected chi connectivity index (χ2v) is 4.38. The highest BCUT2D eigenvalue weighted by molar-refractivity contribution is 5.80. The van der Waals surface area contributed by atoms with Crippen molar-refractivity contribution in [2.45, 2.75) is 20.3 Å². The summed E-state index contributed by atoms with van der Waals surface area (Å²) in [7, 11) is 6.31. The van der Waals surface area contributed by atoms with E-state index in [2.05, 4.69) is 21.1 Å². The van der Waals surface area contributed by atoms with Crippen LogP contribution in [-0.4, -0.2) is 38.0 Å². The lowest BCUT2D eigenvalue weighted by molar-refractivity contribution is -0.869. The third-order valence-electron chi connectivity index (χ3n) is 1.67. The lowest BCUT2D eigenvalue weighted by Gasteiger charge is -2.23. The zero-order valence-electron chi connectivity index (χ0n) is 8.35. The number of rotatable bonds is 4. The van der Waals surface area contributed by atoms with Crippen LogP contribution in [0.4, 0.5) is 0 Å². The van der Waals surface area contributed by atoms with Crippen molar-refractivity contribution in [1.82, 2.24) is 0 Å². The van der Waals surface area contributed by atoms with Crippen LogP contribution in [-0.2, 0) is 4.79 Å². The summed E-state index contributed by atoms with van der Waals surface area (Å²) >= 11 is 0. The van der Waals surface area contributed by atoms with Gasteiger partial charge in [-0.25, -0.2) is 0 Å². The molecule has 0 aliphatic carbocycles. The fourth-order valence-corrected chi connectivity index (χ4v) is 0.734. The summed E-state index contributed by atoms with van der Waals surface area (Å²) in [5.41, 5.74) is 0. The van der Waals surface area contributed by atoms with E-state index >= 15 is 0 Å². The second-order valence-electron chi connectivity index (χ2n) is 4.38. The molecule has 0 N–H and O–H groups in total. The van der Waals surface area contributed by atoms with E-state index in [0.717, 1.165) is 11.0 Å². The van der Waals surface area contributed by atoms with Crippen LogP contribution in [0.3, 0.4) is 0 Å². The van der Waals surface area contributed by atoms with Crippen LogP contribution in [0.2, 0.25) is 0 Å². The molecule has 0 saturated carbocycles. The maximum Gasteiger partial charge on any atom is 0.141 e. The van der Waals surface area contributed by atoms with Crippen LogP contribution in [0.15, 0.2) is 0 Å². The number of quaternary nitrogens is 1. The molecule has 0 radical (unpaired) electrons. The Morgan fingerprint density at radius 1 is 1.27 bits per heavy atom. The Balaban J connectivity index is 3.64. The van der Waals surface area contributed by atoms with Gasteiger partial charge in [0.2, 0.25) is 0 Å². The summed E-state index contributed by atoms with van der Waals surface area (Å²) < 4.78 is 0.873. The molecule has 0 aromatic heterocycles. The van der Waals surface area contributed by atoms with Crippen molar-refractivity contribution in [3.05, 3.63) is 0 Å². The molecule has 0 unspecified atom stereocenters. The van der Waals surface area contributed by atoms with E-state index in [1.54, 1.807) is 0 Å². The first-order chi connectivity index (χ1) is 4.83. The summed E-state index contributed by atoms with van der Waals surface area (Å²) in [5, 5.41) is 0. The van der Waals surface area contributed by atoms with Gasteiger partial charge in [0.1, 0.15) is 5.78 Å². The summed E-state index contributed by atoms with van der Waals surface area (Å²) in [6, 6.07) is 0. The minimum absolute atomic E-state index is 0.196. The van der Waals surface area contributed by atoms with Gasteiger partial charge in [-0.05, 0) is 0 Å². The molecule has 2 nitrogen and oxygen atoms in total. The lowest BCUT2D eigenvalue weighted by Crippen LogP contribution is -2.36. The summed E-state index contributed by atoms with van der Waals surface area (Å²) in [6.45, 7) is 4.85. The average molecular weight is 158 g/mol. The third-order valence-corrected chi connectivity index (χ3v) is 1.67. The molecular formula is C9H20NO+. The van der Waals surface area contributed by atoms with Gasteiger partial charge >= 0.3 is 0 Å². The fraction of sp³-hybridized carbons (Fsp3) is 0.889. The van der Waals surface area contributed by atoms with Crippen molar-refractivity contribution in [3.8, 4) is 0 Å². The molecule has 0 heterocycles. The Labute approximate surface area is 69.8 Å². The highest BCUT2D eigenvalue weighted by Crippen LogP contribution is 2.01. The molecule has 0 bridgehead atoms. The van der Waals surface area contributed by atoms with Gasteiger partial charge in [0, 0.05) is 5.92 Å². The maximum absolute atomic E-state index is 11.2. The van der Waals surface area contributed by atoms with Gasteiger partial charge in [-0.15, -0.1) is 0 Å². The zero-order valence-corrected chi connectivity index (χ0v) is 8.35. The topological polar surface area (TPSA) is 17.1 Å². The molecule has 0 aromatic rings. The Morgan fingerprint density at radius 3 is 2.00 bits per heavy atom. The Kier molecular flexibility index (Phi) is 3.73. The number of hydrogen-bond acceptors (Lipinski definition) is 1. The zero-order chi connectivity index (χ0) is 9.07. The fourth-order valence-electron chi connectivity index (χ4n) is 0.734. The number of nitrogens with zero attached hydrogens (tertiary/aromatic N) is 1. The molecule has 0 fully saturated rings. The van der Waals surface area contributed by atoms with E-state index in [4.69, 9.17) is 0 Å². The highest BCUT2D eigenvalue weighted by atomic mass is 16.1. The monoisotopic (exact) mass is 158 g/mol. The van der Waals surface area contributed by atoms with Crippen LogP contribution < -0.4 is 0 Å². The number of hydrogen-bond donors (Lipinski definition) is 0. The van der Waals surface area contributed by atoms with Crippen molar-refractivity contribution in [1.29, 1.82) is 0 Å². The number of ketones is 1. The molecule has 0 aromatic carbocycles. The van der Waals surface area contributed by atoms with E-state index in [0.29, 0.717) is 12.2 Å². The molecule has 11 heavy (non-hydrogen) atoms. The molecule has 2 heteroatoms. The third kappa shape index (κ3) is 6.05. The first-order valence-electron chi connectivity index (χ1n) is 4.16. The molecular weight excluding hydrogens is 138 g/mol. The standard InChI is InChI=1S/C9H20NO/c1-8(2)9(11)6-7-10(3,4)5/h8H,6-7H2,1-5H3/q+1. The van der Waals surface area contributed by atoms with Gasteiger partial charge in [0.15, 0.2) is 0 Å². The van der Waals surface area contributed by atoms with Crippen LogP contribution in [0, 0.1) is 5.92 Å². The minimum atomic E-state index is 0.196. The SMILES string of the molecule is CC(C)C(=O)CC[N+](C)(C)C. The van der Waals surface area contributed by atoms with Gasteiger partial charge < -0.3 is 4.48 Å². The second kappa shape index (κ2) is 3.86. The molecule has 0 atom stereocenters. The van der Waals surface area contributed by atoms with Crippen molar-refractivity contribution in [3.63, 3.8) is 0 Å². The Morgan fingerprint density at radius 2 is 1.73 bits per heavy atom. The maximum atomic E-state index is 11.2. The molecule has 66 valence electrons. The highest BCUT2D eigenvalue weighted by Gasteiger charge is 2.12. The Hall–Kier alpha value is -0.370. The van der Waals surface area contributed by atoms with Gasteiger partial charge in [-0.2, -0.15) is 0 Å². The molecule has 0 rings (SSSR count). The van der Waals surface area contributed by atoms with Crippen LogP contribution in [0.25, 0.3) is 0 Å². The minimum Gasteiger partial charge on any atom is -0.331 e. The lowest BCUT2D eigenvalue weighted by atomic mass is 10.1.